The second-order valence-electron chi connectivity index (χ2n) is 11.6. The van der Waals surface area contributed by atoms with Gasteiger partial charge in [0.05, 0.1) is 7.11 Å². The normalized spacial score (nSPS) is 44.5. The van der Waals surface area contributed by atoms with E-state index in [0.29, 0.717) is 40.9 Å². The molecule has 4 rings (SSSR count). The summed E-state index contributed by atoms with van der Waals surface area (Å²) in [7, 11) is 1.49. The molecular formula is C27H42O4. The third kappa shape index (κ3) is 3.97. The molecule has 4 nitrogen and oxygen atoms in total. The van der Waals surface area contributed by atoms with Gasteiger partial charge in [-0.25, -0.2) is 0 Å². The Balaban J connectivity index is 1.49. The molecule has 0 amide bonds. The van der Waals surface area contributed by atoms with Gasteiger partial charge in [0.1, 0.15) is 6.10 Å². The molecule has 4 aliphatic carbocycles. The average Bonchev–Trinajstić information content (AvgIpc) is 3.09. The van der Waals surface area contributed by atoms with Crippen molar-refractivity contribution in [2.45, 2.75) is 91.6 Å². The molecule has 0 unspecified atom stereocenters. The van der Waals surface area contributed by atoms with E-state index in [1.165, 1.54) is 46.1 Å². The Hall–Kier alpha value is -1.32. The number of hydrogen-bond acceptors (Lipinski definition) is 4. The fourth-order valence-corrected chi connectivity index (χ4v) is 8.55. The summed E-state index contributed by atoms with van der Waals surface area (Å²) in [5.41, 5.74) is 0.727. The molecule has 0 aromatic heterocycles. The summed E-state index contributed by atoms with van der Waals surface area (Å²) < 4.78 is 10.5. The van der Waals surface area contributed by atoms with E-state index in [-0.39, 0.29) is 18.0 Å². The second-order valence-corrected chi connectivity index (χ2v) is 11.6. The lowest BCUT2D eigenvalue weighted by atomic mass is 9.46. The quantitative estimate of drug-likeness (QED) is 0.400. The molecule has 174 valence electrons. The molecule has 0 saturated heterocycles. The zero-order valence-electron chi connectivity index (χ0n) is 20.2. The van der Waals surface area contributed by atoms with Crippen LogP contribution in [0, 0.1) is 46.3 Å². The number of fused-ring (bicyclic) bond motifs is 5. The van der Waals surface area contributed by atoms with Gasteiger partial charge < -0.3 is 9.47 Å². The van der Waals surface area contributed by atoms with Crippen molar-refractivity contribution >= 4 is 11.9 Å². The Bertz CT molecular complexity index is 729. The number of rotatable bonds is 5. The summed E-state index contributed by atoms with van der Waals surface area (Å²) in [5, 5.41) is 0. The number of ether oxygens (including phenoxy) is 2. The van der Waals surface area contributed by atoms with Gasteiger partial charge in [-0.2, -0.15) is 0 Å². The molecule has 9 atom stereocenters. The van der Waals surface area contributed by atoms with Crippen molar-refractivity contribution in [3.8, 4) is 0 Å². The summed E-state index contributed by atoms with van der Waals surface area (Å²) in [4.78, 5) is 23.1. The number of methoxy groups -OCH3 is 1. The Morgan fingerprint density at radius 2 is 1.74 bits per heavy atom. The number of carbonyl (C=O) groups excluding carboxylic acids is 2. The van der Waals surface area contributed by atoms with Gasteiger partial charge >= 0.3 is 11.9 Å². The average molecular weight is 431 g/mol. The van der Waals surface area contributed by atoms with Gasteiger partial charge in [-0.15, -0.1) is 0 Å². The van der Waals surface area contributed by atoms with Crippen molar-refractivity contribution in [3.05, 3.63) is 12.2 Å². The number of carbonyl (C=O) groups is 2. The first-order valence-electron chi connectivity index (χ1n) is 12.6. The van der Waals surface area contributed by atoms with Crippen molar-refractivity contribution in [2.75, 3.05) is 7.11 Å². The summed E-state index contributed by atoms with van der Waals surface area (Å²) >= 11 is 0. The van der Waals surface area contributed by atoms with Gasteiger partial charge in [0.2, 0.25) is 0 Å². The highest BCUT2D eigenvalue weighted by atomic mass is 16.5. The molecule has 4 aliphatic rings. The van der Waals surface area contributed by atoms with E-state index in [1.54, 1.807) is 0 Å². The van der Waals surface area contributed by atoms with Crippen molar-refractivity contribution in [3.63, 3.8) is 0 Å². The molecule has 0 bridgehead atoms. The van der Waals surface area contributed by atoms with Crippen LogP contribution in [0.1, 0.15) is 85.5 Å². The summed E-state index contributed by atoms with van der Waals surface area (Å²) in [6, 6.07) is 0. The second kappa shape index (κ2) is 8.56. The minimum absolute atomic E-state index is 0.0752. The lowest BCUT2D eigenvalue weighted by Gasteiger charge is -2.59. The lowest BCUT2D eigenvalue weighted by molar-refractivity contribution is -0.153. The Morgan fingerprint density at radius 3 is 2.45 bits per heavy atom. The minimum atomic E-state index is -0.141. The maximum atomic E-state index is 11.7. The summed E-state index contributed by atoms with van der Waals surface area (Å²) in [6.07, 6.45) is 15.1. The van der Waals surface area contributed by atoms with Crippen molar-refractivity contribution in [2.24, 2.45) is 46.3 Å². The Morgan fingerprint density at radius 1 is 1.03 bits per heavy atom. The zero-order valence-corrected chi connectivity index (χ0v) is 20.2. The van der Waals surface area contributed by atoms with Crippen LogP contribution in [0.15, 0.2) is 12.2 Å². The highest BCUT2D eigenvalue weighted by Gasteiger charge is 2.59. The highest BCUT2D eigenvalue weighted by molar-refractivity contribution is 5.69. The monoisotopic (exact) mass is 430 g/mol. The van der Waals surface area contributed by atoms with Crippen LogP contribution in [0.4, 0.5) is 0 Å². The summed E-state index contributed by atoms with van der Waals surface area (Å²) in [5.74, 6) is 3.80. The molecule has 0 radical (unpaired) electrons. The Labute approximate surface area is 188 Å². The van der Waals surface area contributed by atoms with Gasteiger partial charge in [0, 0.05) is 13.3 Å². The van der Waals surface area contributed by atoms with Crippen molar-refractivity contribution in [1.29, 1.82) is 0 Å². The van der Waals surface area contributed by atoms with Gasteiger partial charge in [0.25, 0.3) is 0 Å². The number of hydrogen-bond donors (Lipinski definition) is 0. The molecule has 0 spiro atoms. The molecule has 0 heterocycles. The third-order valence-electron chi connectivity index (χ3n) is 10.2. The topological polar surface area (TPSA) is 52.6 Å². The molecule has 31 heavy (non-hydrogen) atoms. The van der Waals surface area contributed by atoms with Crippen LogP contribution in [0.5, 0.6) is 0 Å². The molecule has 0 aliphatic heterocycles. The van der Waals surface area contributed by atoms with E-state index in [0.717, 1.165) is 31.1 Å². The maximum Gasteiger partial charge on any atom is 0.305 e. The van der Waals surface area contributed by atoms with Crippen LogP contribution in [-0.2, 0) is 19.1 Å². The summed E-state index contributed by atoms with van der Waals surface area (Å²) in [6.45, 7) is 8.97. The predicted octanol–water partition coefficient (Wildman–Crippen LogP) is 5.94. The first-order valence-corrected chi connectivity index (χ1v) is 12.6. The van der Waals surface area contributed by atoms with Crippen LogP contribution in [0.3, 0.4) is 0 Å². The molecule has 3 saturated carbocycles. The van der Waals surface area contributed by atoms with E-state index < -0.39 is 0 Å². The fraction of sp³-hybridized carbons (Fsp3) is 0.852. The Kier molecular flexibility index (Phi) is 6.31. The third-order valence-corrected chi connectivity index (χ3v) is 10.2. The van der Waals surface area contributed by atoms with Crippen LogP contribution in [0.2, 0.25) is 0 Å². The van der Waals surface area contributed by atoms with E-state index >= 15 is 0 Å². The molecule has 0 aromatic carbocycles. The van der Waals surface area contributed by atoms with Gasteiger partial charge in [-0.05, 0) is 97.7 Å². The first-order chi connectivity index (χ1) is 14.7. The zero-order chi connectivity index (χ0) is 22.4. The van der Waals surface area contributed by atoms with Crippen molar-refractivity contribution in [1.82, 2.24) is 0 Å². The van der Waals surface area contributed by atoms with Crippen molar-refractivity contribution < 1.29 is 19.1 Å². The van der Waals surface area contributed by atoms with E-state index in [2.05, 4.69) is 32.9 Å². The molecule has 0 aromatic rings. The molecule has 4 heteroatoms. The van der Waals surface area contributed by atoms with E-state index in [4.69, 9.17) is 9.47 Å². The highest BCUT2D eigenvalue weighted by Crippen LogP contribution is 2.67. The van der Waals surface area contributed by atoms with Crippen LogP contribution in [0.25, 0.3) is 0 Å². The predicted molar refractivity (Wildman–Crippen MR) is 121 cm³/mol. The van der Waals surface area contributed by atoms with Gasteiger partial charge in [0.15, 0.2) is 0 Å². The number of allylic oxidation sites excluding steroid dienone is 2. The van der Waals surface area contributed by atoms with Gasteiger partial charge in [-0.3, -0.25) is 9.59 Å². The number of esters is 2. The van der Waals surface area contributed by atoms with Crippen LogP contribution >= 0.6 is 0 Å². The lowest BCUT2D eigenvalue weighted by Crippen LogP contribution is -2.52. The maximum absolute atomic E-state index is 11.7. The fourth-order valence-electron chi connectivity index (χ4n) is 8.55. The molecule has 0 N–H and O–H groups in total. The minimum Gasteiger partial charge on any atom is -0.469 e. The van der Waals surface area contributed by atoms with E-state index in [9.17, 15) is 9.59 Å². The first kappa shape index (κ1) is 22.9. The standard InChI is InChI=1S/C27H42O4/c1-17(6-11-25(29)30-5)22-9-10-23-21-8-7-19-16-20(31-18(2)28)12-14-26(19,3)24(21)13-15-27(22,23)4/h7-8,17,19-24H,6,9-16H2,1-5H3/t17-,19+,20+,21-,22-,23+,24+,26-,27-/m0/s1. The largest absolute Gasteiger partial charge is 0.469 e. The van der Waals surface area contributed by atoms with Gasteiger partial charge in [-0.1, -0.05) is 32.9 Å². The van der Waals surface area contributed by atoms with E-state index in [1.807, 2.05) is 0 Å². The smallest absolute Gasteiger partial charge is 0.305 e. The molecular weight excluding hydrogens is 388 g/mol. The van der Waals surface area contributed by atoms with Crippen LogP contribution < -0.4 is 0 Å². The van der Waals surface area contributed by atoms with Crippen LogP contribution in [-0.4, -0.2) is 25.2 Å². The molecule has 3 fully saturated rings. The SMILES string of the molecule is COC(=O)CC[C@H](C)[C@@H]1CC[C@@H]2[C@@H]3C=C[C@@H]4C[C@H](OC(C)=O)CC[C@]4(C)[C@@H]3CC[C@]21C.